The molecule has 42 heavy (non-hydrogen) atoms. The van der Waals surface area contributed by atoms with Gasteiger partial charge in [0.15, 0.2) is 0 Å². The summed E-state index contributed by atoms with van der Waals surface area (Å²) in [5, 5.41) is 19.6. The summed E-state index contributed by atoms with van der Waals surface area (Å²) in [6, 6.07) is 0. The minimum absolute atomic E-state index is 0.0180. The number of carboxylic acids is 2. The molecule has 2 N–H and O–H groups in total. The molecule has 5 aliphatic rings. The second kappa shape index (κ2) is 15.4. The van der Waals surface area contributed by atoms with E-state index in [4.69, 9.17) is 14.5 Å². The van der Waals surface area contributed by atoms with Crippen molar-refractivity contribution in [1.82, 2.24) is 0 Å². The first kappa shape index (κ1) is 31.7. The monoisotopic (exact) mass is 590 g/mol. The molecule has 5 rings (SSSR count). The quantitative estimate of drug-likeness (QED) is 0.156. The summed E-state index contributed by atoms with van der Waals surface area (Å²) < 4.78 is 5.94. The van der Waals surface area contributed by atoms with E-state index in [2.05, 4.69) is 0 Å². The third kappa shape index (κ3) is 8.28. The van der Waals surface area contributed by atoms with Crippen LogP contribution in [0.3, 0.4) is 0 Å². The summed E-state index contributed by atoms with van der Waals surface area (Å²) in [6.07, 6.45) is 19.9. The van der Waals surface area contributed by atoms with Gasteiger partial charge in [-0.2, -0.15) is 0 Å². The topological polar surface area (TPSA) is 119 Å². The van der Waals surface area contributed by atoms with Crippen LogP contribution in [0.1, 0.15) is 128 Å². The van der Waals surface area contributed by atoms with Gasteiger partial charge >= 0.3 is 17.9 Å². The highest BCUT2D eigenvalue weighted by molar-refractivity contribution is 5.81. The van der Waals surface area contributed by atoms with E-state index in [9.17, 15) is 24.6 Å². The molecule has 0 aromatic carbocycles. The van der Waals surface area contributed by atoms with E-state index in [0.717, 1.165) is 31.6 Å². The van der Waals surface area contributed by atoms with Gasteiger partial charge in [-0.25, -0.2) is 9.78 Å². The zero-order valence-electron chi connectivity index (χ0n) is 25.5. The van der Waals surface area contributed by atoms with E-state index in [-0.39, 0.29) is 30.0 Å². The van der Waals surface area contributed by atoms with Crippen molar-refractivity contribution in [2.24, 2.45) is 47.3 Å². The number of hydrogen-bond acceptors (Lipinski definition) is 6. The van der Waals surface area contributed by atoms with Crippen molar-refractivity contribution in [3.8, 4) is 0 Å². The fraction of sp³-hybridized carbons (Fsp3) is 0.912. The SMILES string of the molecule is O=C(O)C1CCC(C2CCCCC2)CC1COOC1CCC(OC(=O)C2CC(C3CCCCC3)CCC2C(=O)O)CC1. The number of carboxylic acid groups (broad SMARTS) is 2. The number of carbonyl (C=O) groups excluding carboxylic acids is 1. The summed E-state index contributed by atoms with van der Waals surface area (Å²) in [6.45, 7) is 0.315. The second-order valence-corrected chi connectivity index (χ2v) is 14.4. The Bertz CT molecular complexity index is 886. The molecule has 8 heteroatoms. The van der Waals surface area contributed by atoms with Gasteiger partial charge in [0.25, 0.3) is 0 Å². The standard InChI is InChI=1S/C34H54O8/c35-32(36)29-17-11-24(22-7-3-1-4-8-22)19-26(29)21-40-42-28-15-13-27(14-16-28)41-34(39)31-20-25(12-18-30(31)33(37)38)23-9-5-2-6-10-23/h22-31H,1-21H2,(H,35,36)(H,37,38). The lowest BCUT2D eigenvalue weighted by Gasteiger charge is -2.39. The van der Waals surface area contributed by atoms with E-state index >= 15 is 0 Å². The van der Waals surface area contributed by atoms with Crippen LogP contribution >= 0.6 is 0 Å². The van der Waals surface area contributed by atoms with E-state index in [1.165, 1.54) is 64.2 Å². The number of rotatable bonds is 10. The van der Waals surface area contributed by atoms with Gasteiger partial charge in [-0.05, 0) is 93.8 Å². The molecule has 0 radical (unpaired) electrons. The Balaban J connectivity index is 1.05. The van der Waals surface area contributed by atoms with Crippen LogP contribution in [0.5, 0.6) is 0 Å². The van der Waals surface area contributed by atoms with Crippen LogP contribution in [-0.4, -0.2) is 46.9 Å². The first-order valence-corrected chi connectivity index (χ1v) is 17.3. The fourth-order valence-electron chi connectivity index (χ4n) is 9.36. The zero-order valence-corrected chi connectivity index (χ0v) is 25.5. The fourth-order valence-corrected chi connectivity index (χ4v) is 9.36. The number of hydrogen-bond donors (Lipinski definition) is 2. The number of aliphatic carboxylic acids is 2. The summed E-state index contributed by atoms with van der Waals surface area (Å²) in [5.41, 5.74) is 0. The van der Waals surface area contributed by atoms with Gasteiger partial charge in [0.1, 0.15) is 6.10 Å². The van der Waals surface area contributed by atoms with E-state index in [0.29, 0.717) is 62.9 Å². The van der Waals surface area contributed by atoms with Crippen molar-refractivity contribution in [3.05, 3.63) is 0 Å². The Morgan fingerprint density at radius 3 is 1.62 bits per heavy atom. The van der Waals surface area contributed by atoms with Gasteiger partial charge in [-0.1, -0.05) is 64.2 Å². The maximum absolute atomic E-state index is 13.3. The second-order valence-electron chi connectivity index (χ2n) is 14.4. The minimum atomic E-state index is -0.874. The summed E-state index contributed by atoms with van der Waals surface area (Å²) in [4.78, 5) is 48.7. The van der Waals surface area contributed by atoms with Gasteiger partial charge in [0, 0.05) is 0 Å². The minimum Gasteiger partial charge on any atom is -0.481 e. The molecule has 0 bridgehead atoms. The van der Waals surface area contributed by atoms with Crippen molar-refractivity contribution < 1.29 is 39.1 Å². The maximum atomic E-state index is 13.3. The normalized spacial score (nSPS) is 37.1. The summed E-state index contributed by atoms with van der Waals surface area (Å²) >= 11 is 0. The van der Waals surface area contributed by atoms with Crippen LogP contribution < -0.4 is 0 Å². The van der Waals surface area contributed by atoms with Crippen molar-refractivity contribution in [1.29, 1.82) is 0 Å². The molecule has 5 saturated carbocycles. The Labute approximate surface area is 251 Å². The van der Waals surface area contributed by atoms with Gasteiger partial charge in [-0.15, -0.1) is 0 Å². The van der Waals surface area contributed by atoms with Crippen molar-refractivity contribution in [2.75, 3.05) is 6.61 Å². The van der Waals surface area contributed by atoms with Gasteiger partial charge in [0.2, 0.25) is 0 Å². The average molecular weight is 591 g/mol. The molecular formula is C34H54O8. The van der Waals surface area contributed by atoms with E-state index < -0.39 is 23.8 Å². The highest BCUT2D eigenvalue weighted by atomic mass is 17.2. The first-order valence-electron chi connectivity index (χ1n) is 17.3. The van der Waals surface area contributed by atoms with Gasteiger partial charge < -0.3 is 14.9 Å². The van der Waals surface area contributed by atoms with E-state index in [1.807, 2.05) is 0 Å². The molecule has 0 amide bonds. The molecule has 0 aromatic rings. The lowest BCUT2D eigenvalue weighted by Crippen LogP contribution is -2.40. The number of esters is 1. The molecule has 238 valence electrons. The van der Waals surface area contributed by atoms with Crippen molar-refractivity contribution in [3.63, 3.8) is 0 Å². The summed E-state index contributed by atoms with van der Waals surface area (Å²) in [5.74, 6) is -1.11. The number of ether oxygens (including phenoxy) is 1. The highest BCUT2D eigenvalue weighted by Gasteiger charge is 2.43. The Morgan fingerprint density at radius 1 is 0.524 bits per heavy atom. The van der Waals surface area contributed by atoms with Crippen LogP contribution in [0, 0.1) is 47.3 Å². The van der Waals surface area contributed by atoms with Crippen molar-refractivity contribution in [2.45, 2.75) is 141 Å². The molecule has 0 heterocycles. The molecule has 0 spiro atoms. The van der Waals surface area contributed by atoms with Crippen molar-refractivity contribution >= 4 is 17.9 Å². The lowest BCUT2D eigenvalue weighted by molar-refractivity contribution is -0.338. The largest absolute Gasteiger partial charge is 0.481 e. The maximum Gasteiger partial charge on any atom is 0.310 e. The molecule has 5 aliphatic carbocycles. The molecule has 5 fully saturated rings. The Kier molecular flexibility index (Phi) is 11.6. The molecule has 0 aliphatic heterocycles. The van der Waals surface area contributed by atoms with Crippen LogP contribution in [0.15, 0.2) is 0 Å². The molecular weight excluding hydrogens is 536 g/mol. The van der Waals surface area contributed by atoms with Crippen LogP contribution in [-0.2, 0) is 28.9 Å². The zero-order chi connectivity index (χ0) is 29.5. The lowest BCUT2D eigenvalue weighted by atomic mass is 9.67. The molecule has 0 aromatic heterocycles. The number of carbonyl (C=O) groups is 3. The predicted molar refractivity (Wildman–Crippen MR) is 156 cm³/mol. The molecule has 6 unspecified atom stereocenters. The third-order valence-electron chi connectivity index (χ3n) is 11.9. The first-order chi connectivity index (χ1) is 20.4. The predicted octanol–water partition coefficient (Wildman–Crippen LogP) is 7.18. The van der Waals surface area contributed by atoms with Gasteiger partial charge in [-0.3, -0.25) is 14.4 Å². The third-order valence-corrected chi connectivity index (χ3v) is 11.9. The van der Waals surface area contributed by atoms with Crippen LogP contribution in [0.2, 0.25) is 0 Å². The average Bonchev–Trinajstić information content (AvgIpc) is 3.02. The molecule has 6 atom stereocenters. The molecule has 8 nitrogen and oxygen atoms in total. The summed E-state index contributed by atoms with van der Waals surface area (Å²) in [7, 11) is 0. The Hall–Kier alpha value is -1.67. The Morgan fingerprint density at radius 2 is 1.05 bits per heavy atom. The molecule has 0 saturated heterocycles. The van der Waals surface area contributed by atoms with E-state index in [1.54, 1.807) is 0 Å². The van der Waals surface area contributed by atoms with Crippen LogP contribution in [0.25, 0.3) is 0 Å². The smallest absolute Gasteiger partial charge is 0.310 e. The van der Waals surface area contributed by atoms with Gasteiger partial charge in [0.05, 0.1) is 30.5 Å². The van der Waals surface area contributed by atoms with Crippen LogP contribution in [0.4, 0.5) is 0 Å². The highest BCUT2D eigenvalue weighted by Crippen LogP contribution is 2.44.